The minimum absolute atomic E-state index is 0.0172. The zero-order valence-electron chi connectivity index (χ0n) is 17.0. The maximum absolute atomic E-state index is 13.2. The van der Waals surface area contributed by atoms with E-state index in [0.717, 1.165) is 57.7 Å². The number of halogens is 2. The molecule has 1 N–H and O–H groups in total. The van der Waals surface area contributed by atoms with E-state index in [1.54, 1.807) is 0 Å². The van der Waals surface area contributed by atoms with Gasteiger partial charge in [-0.05, 0) is 89.1 Å². The first-order chi connectivity index (χ1) is 13.3. The average Bonchev–Trinajstić information content (AvgIpc) is 2.63. The van der Waals surface area contributed by atoms with Gasteiger partial charge in [-0.1, -0.05) is 11.6 Å². The van der Waals surface area contributed by atoms with Gasteiger partial charge in [0.15, 0.2) is 0 Å². The molecule has 3 rings (SSSR count). The number of carbonyl (C=O) groups excluding carboxylic acids is 1. The van der Waals surface area contributed by atoms with E-state index in [1.165, 1.54) is 24.7 Å². The SMILES string of the molecule is CC1(C)C[C@@H](CN2CCC(CCC(=O)Nc3ccc(F)c(Cl)c3)CC2)CCO1. The van der Waals surface area contributed by atoms with Gasteiger partial charge in [0.2, 0.25) is 5.91 Å². The van der Waals surface area contributed by atoms with Crippen LogP contribution in [0.15, 0.2) is 18.2 Å². The summed E-state index contributed by atoms with van der Waals surface area (Å²) in [6, 6.07) is 4.26. The van der Waals surface area contributed by atoms with Crippen molar-refractivity contribution in [2.45, 2.75) is 58.0 Å². The Balaban J connectivity index is 1.35. The number of ether oxygens (including phenoxy) is 1. The highest BCUT2D eigenvalue weighted by molar-refractivity contribution is 6.31. The summed E-state index contributed by atoms with van der Waals surface area (Å²) >= 11 is 5.76. The number of hydrogen-bond donors (Lipinski definition) is 1. The first-order valence-corrected chi connectivity index (χ1v) is 10.8. The summed E-state index contributed by atoms with van der Waals surface area (Å²) in [5.74, 6) is 0.823. The van der Waals surface area contributed by atoms with Crippen molar-refractivity contribution in [3.05, 3.63) is 29.0 Å². The fourth-order valence-electron chi connectivity index (χ4n) is 4.47. The second kappa shape index (κ2) is 9.55. The van der Waals surface area contributed by atoms with E-state index in [-0.39, 0.29) is 16.5 Å². The number of nitrogens with zero attached hydrogens (tertiary/aromatic N) is 1. The van der Waals surface area contributed by atoms with Gasteiger partial charge in [0, 0.05) is 25.3 Å². The van der Waals surface area contributed by atoms with Crippen LogP contribution in [0.4, 0.5) is 10.1 Å². The smallest absolute Gasteiger partial charge is 0.224 e. The quantitative estimate of drug-likeness (QED) is 0.708. The fourth-order valence-corrected chi connectivity index (χ4v) is 4.65. The average molecular weight is 411 g/mol. The fraction of sp³-hybridized carbons (Fsp3) is 0.682. The number of likely N-dealkylation sites (tertiary alicyclic amines) is 1. The van der Waals surface area contributed by atoms with Gasteiger partial charge in [-0.3, -0.25) is 4.79 Å². The van der Waals surface area contributed by atoms with Crippen LogP contribution in [-0.4, -0.2) is 42.6 Å². The minimum Gasteiger partial charge on any atom is -0.376 e. The number of anilines is 1. The van der Waals surface area contributed by atoms with Crippen LogP contribution < -0.4 is 5.32 Å². The highest BCUT2D eigenvalue weighted by Crippen LogP contribution is 2.30. The van der Waals surface area contributed by atoms with Crippen LogP contribution in [-0.2, 0) is 9.53 Å². The van der Waals surface area contributed by atoms with Crippen molar-refractivity contribution in [1.82, 2.24) is 4.90 Å². The largest absolute Gasteiger partial charge is 0.376 e. The molecule has 2 heterocycles. The summed E-state index contributed by atoms with van der Waals surface area (Å²) in [6.45, 7) is 8.68. The van der Waals surface area contributed by atoms with Crippen LogP contribution in [0.25, 0.3) is 0 Å². The lowest BCUT2D eigenvalue weighted by Gasteiger charge is -2.39. The van der Waals surface area contributed by atoms with Gasteiger partial charge in [-0.15, -0.1) is 0 Å². The zero-order valence-corrected chi connectivity index (χ0v) is 17.7. The summed E-state index contributed by atoms with van der Waals surface area (Å²) < 4.78 is 19.0. The second-order valence-corrected chi connectivity index (χ2v) is 9.33. The van der Waals surface area contributed by atoms with Crippen LogP contribution in [0.2, 0.25) is 5.02 Å². The monoisotopic (exact) mass is 410 g/mol. The normalized spacial score (nSPS) is 23.5. The van der Waals surface area contributed by atoms with Gasteiger partial charge in [0.05, 0.1) is 10.6 Å². The molecule has 0 bridgehead atoms. The summed E-state index contributed by atoms with van der Waals surface area (Å²) in [6.07, 6.45) is 6.01. The Morgan fingerprint density at radius 1 is 1.29 bits per heavy atom. The zero-order chi connectivity index (χ0) is 20.1. The summed E-state index contributed by atoms with van der Waals surface area (Å²) in [4.78, 5) is 14.8. The van der Waals surface area contributed by atoms with E-state index in [2.05, 4.69) is 24.1 Å². The molecule has 6 heteroatoms. The summed E-state index contributed by atoms with van der Waals surface area (Å²) in [5, 5.41) is 2.83. The maximum atomic E-state index is 13.2. The maximum Gasteiger partial charge on any atom is 0.224 e. The molecule has 1 aromatic carbocycles. The lowest BCUT2D eigenvalue weighted by Crippen LogP contribution is -2.42. The lowest BCUT2D eigenvalue weighted by atomic mass is 9.86. The van der Waals surface area contributed by atoms with Crippen molar-refractivity contribution in [2.24, 2.45) is 11.8 Å². The third-order valence-corrected chi connectivity index (χ3v) is 6.30. The van der Waals surface area contributed by atoms with Gasteiger partial charge >= 0.3 is 0 Å². The Hall–Kier alpha value is -1.17. The van der Waals surface area contributed by atoms with E-state index >= 15 is 0 Å². The number of piperidine rings is 1. The number of carbonyl (C=O) groups is 1. The molecule has 1 amide bonds. The number of amides is 1. The minimum atomic E-state index is -0.476. The van der Waals surface area contributed by atoms with E-state index in [1.807, 2.05) is 0 Å². The summed E-state index contributed by atoms with van der Waals surface area (Å²) in [7, 11) is 0. The Morgan fingerprint density at radius 3 is 2.71 bits per heavy atom. The molecule has 0 aliphatic carbocycles. The Labute approximate surface area is 172 Å². The molecule has 2 fully saturated rings. The highest BCUT2D eigenvalue weighted by atomic mass is 35.5. The molecule has 1 aromatic rings. The van der Waals surface area contributed by atoms with Crippen LogP contribution in [0.3, 0.4) is 0 Å². The number of rotatable bonds is 6. The van der Waals surface area contributed by atoms with E-state index in [9.17, 15) is 9.18 Å². The molecule has 0 spiro atoms. The molecule has 28 heavy (non-hydrogen) atoms. The van der Waals surface area contributed by atoms with Crippen LogP contribution in [0.5, 0.6) is 0 Å². The van der Waals surface area contributed by atoms with Gasteiger partial charge in [0.25, 0.3) is 0 Å². The van der Waals surface area contributed by atoms with Crippen molar-refractivity contribution >= 4 is 23.2 Å². The van der Waals surface area contributed by atoms with Gasteiger partial charge in [0.1, 0.15) is 5.82 Å². The van der Waals surface area contributed by atoms with Crippen molar-refractivity contribution in [1.29, 1.82) is 0 Å². The van der Waals surface area contributed by atoms with E-state index in [0.29, 0.717) is 18.0 Å². The van der Waals surface area contributed by atoms with Crippen molar-refractivity contribution in [3.8, 4) is 0 Å². The number of hydrogen-bond acceptors (Lipinski definition) is 3. The second-order valence-electron chi connectivity index (χ2n) is 8.93. The molecule has 2 aliphatic rings. The van der Waals surface area contributed by atoms with E-state index < -0.39 is 5.82 Å². The standard InChI is InChI=1S/C22H32ClFN2O2/c1-22(2)14-17(9-12-28-22)15-26-10-7-16(8-11-26)3-6-21(27)25-18-4-5-20(24)19(23)13-18/h4-5,13,16-17H,3,6-12,14-15H2,1-2H3,(H,25,27)/t17-/m0/s1. The van der Waals surface area contributed by atoms with Gasteiger partial charge < -0.3 is 15.0 Å². The molecule has 156 valence electrons. The number of benzene rings is 1. The lowest BCUT2D eigenvalue weighted by molar-refractivity contribution is -0.116. The molecule has 1 atom stereocenters. The molecule has 2 saturated heterocycles. The van der Waals surface area contributed by atoms with Gasteiger partial charge in [-0.25, -0.2) is 4.39 Å². The molecule has 0 aromatic heterocycles. The van der Waals surface area contributed by atoms with Crippen LogP contribution in [0.1, 0.15) is 52.4 Å². The van der Waals surface area contributed by atoms with Crippen molar-refractivity contribution < 1.29 is 13.9 Å². The molecule has 2 aliphatic heterocycles. The molecular weight excluding hydrogens is 379 g/mol. The van der Waals surface area contributed by atoms with Crippen LogP contribution >= 0.6 is 11.6 Å². The first kappa shape index (κ1) is 21.5. The Kier molecular flexibility index (Phi) is 7.35. The Morgan fingerprint density at radius 2 is 2.04 bits per heavy atom. The molecule has 0 saturated carbocycles. The third-order valence-electron chi connectivity index (χ3n) is 6.01. The Bertz CT molecular complexity index is 675. The van der Waals surface area contributed by atoms with Gasteiger partial charge in [-0.2, -0.15) is 0 Å². The predicted molar refractivity (Wildman–Crippen MR) is 111 cm³/mol. The summed E-state index contributed by atoms with van der Waals surface area (Å²) in [5.41, 5.74) is 0.564. The topological polar surface area (TPSA) is 41.6 Å². The van der Waals surface area contributed by atoms with E-state index in [4.69, 9.17) is 16.3 Å². The van der Waals surface area contributed by atoms with Crippen molar-refractivity contribution in [3.63, 3.8) is 0 Å². The first-order valence-electron chi connectivity index (χ1n) is 10.4. The van der Waals surface area contributed by atoms with Crippen molar-refractivity contribution in [2.75, 3.05) is 31.6 Å². The molecule has 4 nitrogen and oxygen atoms in total. The third kappa shape index (κ3) is 6.43. The molecule has 0 radical (unpaired) electrons. The predicted octanol–water partition coefficient (Wildman–Crippen LogP) is 5.12. The molecule has 0 unspecified atom stereocenters. The number of nitrogens with one attached hydrogen (secondary N) is 1. The van der Waals surface area contributed by atoms with Crippen LogP contribution in [0, 0.1) is 17.7 Å². The highest BCUT2D eigenvalue weighted by Gasteiger charge is 2.30. The molecular formula is C22H32ClFN2O2.